The van der Waals surface area contributed by atoms with Crippen LogP contribution in [0.2, 0.25) is 5.02 Å². The number of alkyl halides is 3. The molecular formula is C24H24ClF3N4. The molecule has 0 bridgehead atoms. The van der Waals surface area contributed by atoms with Crippen LogP contribution >= 0.6 is 11.6 Å². The molecule has 1 aliphatic heterocycles. The molecule has 168 valence electrons. The van der Waals surface area contributed by atoms with Crippen molar-refractivity contribution in [1.82, 2.24) is 14.8 Å². The molecular weight excluding hydrogens is 437 g/mol. The standard InChI is InChI=1S/C24H24ClF3N4/c1-31-10-8-19(9-11-31)30-23(24(26,27)28)21-15-32(14-16-2-5-18(25)6-3-16)22-12-17(13-29)4-7-20(21)22/h2-7,12,15,19,23,30H,8-11,14H2,1H3. The number of hydrogen-bond acceptors (Lipinski definition) is 3. The van der Waals surface area contributed by atoms with Gasteiger partial charge in [-0.25, -0.2) is 0 Å². The third kappa shape index (κ3) is 4.93. The van der Waals surface area contributed by atoms with Gasteiger partial charge in [0.15, 0.2) is 0 Å². The summed E-state index contributed by atoms with van der Waals surface area (Å²) >= 11 is 5.97. The van der Waals surface area contributed by atoms with Crippen molar-refractivity contribution in [3.8, 4) is 6.07 Å². The lowest BCUT2D eigenvalue weighted by molar-refractivity contribution is -0.160. The molecule has 2 aromatic carbocycles. The van der Waals surface area contributed by atoms with Crippen LogP contribution in [0.5, 0.6) is 0 Å². The molecule has 4 rings (SSSR count). The van der Waals surface area contributed by atoms with Gasteiger partial charge in [0.05, 0.1) is 11.6 Å². The van der Waals surface area contributed by atoms with Gasteiger partial charge in [-0.3, -0.25) is 5.32 Å². The van der Waals surface area contributed by atoms with Gasteiger partial charge in [0.2, 0.25) is 0 Å². The Labute approximate surface area is 190 Å². The van der Waals surface area contributed by atoms with E-state index in [1.807, 2.05) is 19.2 Å². The van der Waals surface area contributed by atoms with Crippen molar-refractivity contribution in [3.63, 3.8) is 0 Å². The number of rotatable bonds is 5. The Morgan fingerprint density at radius 2 is 1.84 bits per heavy atom. The van der Waals surface area contributed by atoms with Gasteiger partial charge in [-0.2, -0.15) is 18.4 Å². The van der Waals surface area contributed by atoms with Gasteiger partial charge in [-0.1, -0.05) is 29.8 Å². The first-order valence-corrected chi connectivity index (χ1v) is 10.9. The first kappa shape index (κ1) is 22.7. The minimum Gasteiger partial charge on any atom is -0.343 e. The highest BCUT2D eigenvalue weighted by Gasteiger charge is 2.43. The van der Waals surface area contributed by atoms with Crippen LogP contribution in [0.25, 0.3) is 10.9 Å². The fourth-order valence-corrected chi connectivity index (χ4v) is 4.43. The lowest BCUT2D eigenvalue weighted by Gasteiger charge is -2.33. The van der Waals surface area contributed by atoms with Crippen LogP contribution < -0.4 is 5.32 Å². The molecule has 1 N–H and O–H groups in total. The SMILES string of the molecule is CN1CCC(NC(c2cn(Cc3ccc(Cl)cc3)c3cc(C#N)ccc23)C(F)(F)F)CC1. The van der Waals surface area contributed by atoms with Crippen LogP contribution in [0.3, 0.4) is 0 Å². The molecule has 32 heavy (non-hydrogen) atoms. The highest BCUT2D eigenvalue weighted by Crippen LogP contribution is 2.38. The molecule has 1 unspecified atom stereocenters. The maximum atomic E-state index is 14.2. The minimum absolute atomic E-state index is 0.185. The van der Waals surface area contributed by atoms with Crippen molar-refractivity contribution in [2.75, 3.05) is 20.1 Å². The van der Waals surface area contributed by atoms with Crippen molar-refractivity contribution in [2.45, 2.75) is 37.6 Å². The van der Waals surface area contributed by atoms with Gasteiger partial charge in [0.25, 0.3) is 0 Å². The quantitative estimate of drug-likeness (QED) is 0.546. The molecule has 8 heteroatoms. The van der Waals surface area contributed by atoms with E-state index in [0.29, 0.717) is 40.9 Å². The monoisotopic (exact) mass is 460 g/mol. The second kappa shape index (κ2) is 9.14. The molecule has 0 aliphatic carbocycles. The van der Waals surface area contributed by atoms with E-state index in [0.717, 1.165) is 18.7 Å². The van der Waals surface area contributed by atoms with Gasteiger partial charge in [0.1, 0.15) is 6.04 Å². The molecule has 1 aliphatic rings. The Morgan fingerprint density at radius 3 is 2.47 bits per heavy atom. The molecule has 0 radical (unpaired) electrons. The molecule has 4 nitrogen and oxygen atoms in total. The predicted octanol–water partition coefficient (Wildman–Crippen LogP) is 5.50. The molecule has 1 saturated heterocycles. The zero-order valence-electron chi connectivity index (χ0n) is 17.7. The maximum Gasteiger partial charge on any atom is 0.407 e. The van der Waals surface area contributed by atoms with Gasteiger partial charge < -0.3 is 9.47 Å². The fourth-order valence-electron chi connectivity index (χ4n) is 4.31. The number of benzene rings is 2. The Balaban J connectivity index is 1.75. The van der Waals surface area contributed by atoms with Crippen LogP contribution in [-0.4, -0.2) is 41.8 Å². The zero-order valence-corrected chi connectivity index (χ0v) is 18.4. The van der Waals surface area contributed by atoms with Crippen molar-refractivity contribution >= 4 is 22.5 Å². The van der Waals surface area contributed by atoms with E-state index in [9.17, 15) is 18.4 Å². The molecule has 2 heterocycles. The van der Waals surface area contributed by atoms with Gasteiger partial charge >= 0.3 is 6.18 Å². The van der Waals surface area contributed by atoms with Crippen molar-refractivity contribution in [3.05, 3.63) is 70.4 Å². The molecule has 3 aromatic rings. The van der Waals surface area contributed by atoms with E-state index in [2.05, 4.69) is 16.3 Å². The number of likely N-dealkylation sites (tertiary alicyclic amines) is 1. The predicted molar refractivity (Wildman–Crippen MR) is 120 cm³/mol. The number of fused-ring (bicyclic) bond motifs is 1. The summed E-state index contributed by atoms with van der Waals surface area (Å²) < 4.78 is 44.5. The van der Waals surface area contributed by atoms with Gasteiger partial charge in [-0.05, 0) is 62.8 Å². The molecule has 0 saturated carbocycles. The zero-order chi connectivity index (χ0) is 22.9. The lowest BCUT2D eigenvalue weighted by Crippen LogP contribution is -2.46. The van der Waals surface area contributed by atoms with Crippen molar-refractivity contribution in [2.24, 2.45) is 0 Å². The maximum absolute atomic E-state index is 14.2. The average Bonchev–Trinajstić information content (AvgIpc) is 3.11. The summed E-state index contributed by atoms with van der Waals surface area (Å²) in [7, 11) is 1.98. The normalized spacial score (nSPS) is 16.9. The van der Waals surface area contributed by atoms with E-state index in [-0.39, 0.29) is 11.6 Å². The summed E-state index contributed by atoms with van der Waals surface area (Å²) in [4.78, 5) is 2.13. The summed E-state index contributed by atoms with van der Waals surface area (Å²) in [6.07, 6.45) is -1.53. The van der Waals surface area contributed by atoms with E-state index in [1.165, 1.54) is 0 Å². The van der Waals surface area contributed by atoms with Crippen LogP contribution in [0.15, 0.2) is 48.7 Å². The van der Waals surface area contributed by atoms with E-state index in [4.69, 9.17) is 11.6 Å². The van der Waals surface area contributed by atoms with E-state index in [1.54, 1.807) is 41.1 Å². The molecule has 1 aromatic heterocycles. The largest absolute Gasteiger partial charge is 0.407 e. The number of nitrogens with one attached hydrogen (secondary N) is 1. The van der Waals surface area contributed by atoms with Crippen LogP contribution in [0.4, 0.5) is 13.2 Å². The van der Waals surface area contributed by atoms with Gasteiger partial charge in [0, 0.05) is 40.3 Å². The molecule has 0 amide bonds. The van der Waals surface area contributed by atoms with Crippen LogP contribution in [-0.2, 0) is 6.54 Å². The number of hydrogen-bond donors (Lipinski definition) is 1. The van der Waals surface area contributed by atoms with Crippen LogP contribution in [0, 0.1) is 11.3 Å². The smallest absolute Gasteiger partial charge is 0.343 e. The van der Waals surface area contributed by atoms with Crippen molar-refractivity contribution in [1.29, 1.82) is 5.26 Å². The summed E-state index contributed by atoms with van der Waals surface area (Å²) in [5, 5.41) is 13.3. The fraction of sp³-hybridized carbons (Fsp3) is 0.375. The Hall–Kier alpha value is -2.53. The third-order valence-corrected chi connectivity index (χ3v) is 6.32. The minimum atomic E-state index is -4.45. The average molecular weight is 461 g/mol. The topological polar surface area (TPSA) is 44.0 Å². The van der Waals surface area contributed by atoms with Crippen molar-refractivity contribution < 1.29 is 13.2 Å². The number of aromatic nitrogens is 1. The highest BCUT2D eigenvalue weighted by molar-refractivity contribution is 6.30. The summed E-state index contributed by atoms with van der Waals surface area (Å²) in [6.45, 7) is 1.92. The Kier molecular flexibility index (Phi) is 6.47. The Bertz CT molecular complexity index is 1120. The lowest BCUT2D eigenvalue weighted by atomic mass is 10.00. The number of nitriles is 1. The third-order valence-electron chi connectivity index (χ3n) is 6.07. The van der Waals surface area contributed by atoms with Gasteiger partial charge in [-0.15, -0.1) is 0 Å². The summed E-state index contributed by atoms with van der Waals surface area (Å²) in [5.74, 6) is 0. The number of piperidine rings is 1. The second-order valence-electron chi connectivity index (χ2n) is 8.40. The molecule has 1 fully saturated rings. The Morgan fingerprint density at radius 1 is 1.16 bits per heavy atom. The van der Waals surface area contributed by atoms with E-state index >= 15 is 0 Å². The number of halogens is 4. The van der Waals surface area contributed by atoms with Crippen LogP contribution in [0.1, 0.15) is 35.6 Å². The summed E-state index contributed by atoms with van der Waals surface area (Å²) in [6, 6.07) is 12.1. The highest BCUT2D eigenvalue weighted by atomic mass is 35.5. The number of nitrogens with zero attached hydrogens (tertiary/aromatic N) is 3. The first-order chi connectivity index (χ1) is 15.2. The first-order valence-electron chi connectivity index (χ1n) is 10.5. The molecule has 0 spiro atoms. The summed E-state index contributed by atoms with van der Waals surface area (Å²) in [5.41, 5.74) is 2.11. The molecule has 1 atom stereocenters. The van der Waals surface area contributed by atoms with E-state index < -0.39 is 12.2 Å². The second-order valence-corrected chi connectivity index (χ2v) is 8.84.